The SMILES string of the molecule is Cc1cc(N[C@H]2CCC[C@H]2N(C)C)n2nc(C(F)(F)F)nc2n1. The number of hydrogen-bond acceptors (Lipinski definition) is 5. The first-order chi connectivity index (χ1) is 10.8. The molecule has 1 aliphatic rings. The van der Waals surface area contributed by atoms with Gasteiger partial charge in [-0.3, -0.25) is 0 Å². The zero-order valence-electron chi connectivity index (χ0n) is 13.2. The fraction of sp³-hybridized carbons (Fsp3) is 0.643. The van der Waals surface area contributed by atoms with Gasteiger partial charge in [0, 0.05) is 23.8 Å². The van der Waals surface area contributed by atoms with Crippen LogP contribution in [0, 0.1) is 6.92 Å². The largest absolute Gasteiger partial charge is 0.453 e. The monoisotopic (exact) mass is 328 g/mol. The van der Waals surface area contributed by atoms with E-state index in [4.69, 9.17) is 0 Å². The summed E-state index contributed by atoms with van der Waals surface area (Å²) in [5.74, 6) is -0.720. The van der Waals surface area contributed by atoms with Gasteiger partial charge in [0.1, 0.15) is 5.82 Å². The number of halogens is 3. The quantitative estimate of drug-likeness (QED) is 0.937. The first-order valence-electron chi connectivity index (χ1n) is 7.50. The van der Waals surface area contributed by atoms with Crippen LogP contribution in [0.4, 0.5) is 19.0 Å². The highest BCUT2D eigenvalue weighted by molar-refractivity contribution is 5.46. The van der Waals surface area contributed by atoms with Crippen molar-refractivity contribution in [2.45, 2.75) is 44.4 Å². The maximum atomic E-state index is 12.8. The van der Waals surface area contributed by atoms with Crippen molar-refractivity contribution in [3.05, 3.63) is 17.6 Å². The molecule has 0 amide bonds. The molecule has 1 fully saturated rings. The Morgan fingerprint density at radius 1 is 1.26 bits per heavy atom. The molecule has 0 aliphatic heterocycles. The molecule has 2 atom stereocenters. The Labute approximate surface area is 131 Å². The number of aryl methyl sites for hydroxylation is 1. The standard InChI is InChI=1S/C14H19F3N6/c1-8-7-11(19-9-5-4-6-10(9)22(2)3)23-13(18-8)20-12(21-23)14(15,16)17/h7,9-10,19H,4-6H2,1-3H3/t9-,10+/m0/s1. The molecule has 0 bridgehead atoms. The lowest BCUT2D eigenvalue weighted by molar-refractivity contribution is -0.144. The number of aromatic nitrogens is 4. The Morgan fingerprint density at radius 2 is 2.00 bits per heavy atom. The van der Waals surface area contributed by atoms with Crippen LogP contribution >= 0.6 is 0 Å². The second-order valence-corrected chi connectivity index (χ2v) is 6.14. The van der Waals surface area contributed by atoms with Gasteiger partial charge in [-0.25, -0.2) is 4.98 Å². The van der Waals surface area contributed by atoms with E-state index in [1.165, 1.54) is 0 Å². The smallest absolute Gasteiger partial charge is 0.366 e. The lowest BCUT2D eigenvalue weighted by atomic mass is 10.1. The fourth-order valence-corrected chi connectivity index (χ4v) is 3.13. The van der Waals surface area contributed by atoms with Crippen molar-refractivity contribution in [3.8, 4) is 0 Å². The maximum Gasteiger partial charge on any atom is 0.453 e. The van der Waals surface area contributed by atoms with Crippen molar-refractivity contribution >= 4 is 11.6 Å². The molecule has 23 heavy (non-hydrogen) atoms. The molecule has 1 N–H and O–H groups in total. The molecular weight excluding hydrogens is 309 g/mol. The van der Waals surface area contributed by atoms with Crippen molar-refractivity contribution in [1.29, 1.82) is 0 Å². The number of anilines is 1. The summed E-state index contributed by atoms with van der Waals surface area (Å²) >= 11 is 0. The third kappa shape index (κ3) is 3.10. The molecule has 0 saturated heterocycles. The van der Waals surface area contributed by atoms with E-state index in [1.54, 1.807) is 13.0 Å². The van der Waals surface area contributed by atoms with Crippen LogP contribution in [-0.4, -0.2) is 50.7 Å². The van der Waals surface area contributed by atoms with Gasteiger partial charge in [-0.05, 0) is 40.3 Å². The predicted molar refractivity (Wildman–Crippen MR) is 79.3 cm³/mol. The summed E-state index contributed by atoms with van der Waals surface area (Å²) in [6, 6.07) is 2.20. The molecule has 0 radical (unpaired) electrons. The number of rotatable bonds is 3. The maximum absolute atomic E-state index is 12.8. The summed E-state index contributed by atoms with van der Waals surface area (Å²) in [5, 5.41) is 6.91. The van der Waals surface area contributed by atoms with Crippen molar-refractivity contribution in [2.24, 2.45) is 0 Å². The van der Waals surface area contributed by atoms with Crippen LogP contribution in [0.25, 0.3) is 5.78 Å². The number of fused-ring (bicyclic) bond motifs is 1. The third-order valence-electron chi connectivity index (χ3n) is 4.17. The molecule has 6 nitrogen and oxygen atoms in total. The fourth-order valence-electron chi connectivity index (χ4n) is 3.13. The van der Waals surface area contributed by atoms with Gasteiger partial charge in [0.05, 0.1) is 0 Å². The van der Waals surface area contributed by atoms with E-state index in [9.17, 15) is 13.2 Å². The molecule has 126 valence electrons. The first-order valence-corrected chi connectivity index (χ1v) is 7.50. The topological polar surface area (TPSA) is 58.4 Å². The normalized spacial score (nSPS) is 22.2. The summed E-state index contributed by atoms with van der Waals surface area (Å²) in [6.07, 6.45) is -1.48. The molecule has 3 rings (SSSR count). The van der Waals surface area contributed by atoms with Gasteiger partial charge in [0.25, 0.3) is 11.6 Å². The van der Waals surface area contributed by atoms with E-state index >= 15 is 0 Å². The van der Waals surface area contributed by atoms with Crippen molar-refractivity contribution in [2.75, 3.05) is 19.4 Å². The molecular formula is C14H19F3N6. The molecule has 1 saturated carbocycles. The van der Waals surface area contributed by atoms with Crippen LogP contribution in [0.5, 0.6) is 0 Å². The van der Waals surface area contributed by atoms with E-state index in [-0.39, 0.29) is 11.8 Å². The molecule has 2 aromatic rings. The summed E-state index contributed by atoms with van der Waals surface area (Å²) in [6.45, 7) is 1.73. The number of nitrogens with one attached hydrogen (secondary N) is 1. The number of alkyl halides is 3. The van der Waals surface area contributed by atoms with Gasteiger partial charge < -0.3 is 10.2 Å². The van der Waals surface area contributed by atoms with Crippen LogP contribution < -0.4 is 5.32 Å². The van der Waals surface area contributed by atoms with Crippen molar-refractivity contribution < 1.29 is 13.2 Å². The Balaban J connectivity index is 1.98. The lowest BCUT2D eigenvalue weighted by Crippen LogP contribution is -2.39. The molecule has 2 heterocycles. The Bertz CT molecular complexity index is 708. The second-order valence-electron chi connectivity index (χ2n) is 6.14. The van der Waals surface area contributed by atoms with E-state index in [1.807, 2.05) is 14.1 Å². The first kappa shape index (κ1) is 16.0. The molecule has 0 aromatic carbocycles. The summed E-state index contributed by atoms with van der Waals surface area (Å²) in [5.41, 5.74) is 0.598. The van der Waals surface area contributed by atoms with E-state index in [0.29, 0.717) is 17.6 Å². The van der Waals surface area contributed by atoms with Gasteiger partial charge in [0.2, 0.25) is 0 Å². The van der Waals surface area contributed by atoms with Crippen LogP contribution in [0.1, 0.15) is 30.8 Å². The Hall–Kier alpha value is -1.90. The van der Waals surface area contributed by atoms with Crippen molar-refractivity contribution in [3.63, 3.8) is 0 Å². The average Bonchev–Trinajstić information content (AvgIpc) is 3.03. The molecule has 1 aliphatic carbocycles. The van der Waals surface area contributed by atoms with E-state index in [2.05, 4.69) is 25.3 Å². The highest BCUT2D eigenvalue weighted by Crippen LogP contribution is 2.29. The van der Waals surface area contributed by atoms with Gasteiger partial charge in [-0.1, -0.05) is 0 Å². The Kier molecular flexibility index (Phi) is 3.91. The van der Waals surface area contributed by atoms with Gasteiger partial charge >= 0.3 is 6.18 Å². The minimum absolute atomic E-state index is 0.0424. The minimum Gasteiger partial charge on any atom is -0.366 e. The van der Waals surface area contributed by atoms with Crippen LogP contribution in [-0.2, 0) is 6.18 Å². The van der Waals surface area contributed by atoms with Crippen LogP contribution in [0.2, 0.25) is 0 Å². The van der Waals surface area contributed by atoms with Gasteiger partial charge in [0.15, 0.2) is 0 Å². The summed E-state index contributed by atoms with van der Waals surface area (Å²) in [7, 11) is 4.02. The lowest BCUT2D eigenvalue weighted by Gasteiger charge is -2.27. The summed E-state index contributed by atoms with van der Waals surface area (Å²) in [4.78, 5) is 9.67. The molecule has 9 heteroatoms. The molecule has 2 aromatic heterocycles. The van der Waals surface area contributed by atoms with Crippen LogP contribution in [0.15, 0.2) is 6.07 Å². The van der Waals surface area contributed by atoms with E-state index < -0.39 is 12.0 Å². The minimum atomic E-state index is -4.58. The second kappa shape index (κ2) is 5.63. The average molecular weight is 328 g/mol. The number of nitrogens with zero attached hydrogens (tertiary/aromatic N) is 5. The number of likely N-dealkylation sites (N-methyl/N-ethyl adjacent to an activating group) is 1. The van der Waals surface area contributed by atoms with E-state index in [0.717, 1.165) is 23.8 Å². The highest BCUT2D eigenvalue weighted by atomic mass is 19.4. The highest BCUT2D eigenvalue weighted by Gasteiger charge is 2.37. The summed E-state index contributed by atoms with van der Waals surface area (Å²) < 4.78 is 39.7. The number of hydrogen-bond donors (Lipinski definition) is 1. The third-order valence-corrected chi connectivity index (χ3v) is 4.17. The predicted octanol–water partition coefficient (Wildman–Crippen LogP) is 2.35. The van der Waals surface area contributed by atoms with Gasteiger partial charge in [-0.15, -0.1) is 5.10 Å². The van der Waals surface area contributed by atoms with Crippen molar-refractivity contribution in [1.82, 2.24) is 24.5 Å². The zero-order valence-corrected chi connectivity index (χ0v) is 13.2. The molecule has 0 unspecified atom stereocenters. The van der Waals surface area contributed by atoms with Crippen LogP contribution in [0.3, 0.4) is 0 Å². The molecule has 0 spiro atoms. The zero-order chi connectivity index (χ0) is 16.8. The van der Waals surface area contributed by atoms with Gasteiger partial charge in [-0.2, -0.15) is 22.7 Å². The Morgan fingerprint density at radius 3 is 2.65 bits per heavy atom.